The van der Waals surface area contributed by atoms with Crippen LogP contribution in [0.5, 0.6) is 0 Å². The van der Waals surface area contributed by atoms with Crippen LogP contribution in [-0.4, -0.2) is 36.0 Å². The molecule has 2 fully saturated rings. The van der Waals surface area contributed by atoms with Gasteiger partial charge in [-0.2, -0.15) is 0 Å². The zero-order valence-corrected chi connectivity index (χ0v) is 13.0. The predicted molar refractivity (Wildman–Crippen MR) is 83.6 cm³/mol. The highest BCUT2D eigenvalue weighted by molar-refractivity contribution is 9.10. The van der Waals surface area contributed by atoms with E-state index in [4.69, 9.17) is 5.73 Å². The molecule has 0 atom stereocenters. The Bertz CT molecular complexity index is 508. The first-order chi connectivity index (χ1) is 9.63. The van der Waals surface area contributed by atoms with Crippen molar-refractivity contribution in [1.82, 2.24) is 10.2 Å². The van der Waals surface area contributed by atoms with E-state index in [1.165, 1.54) is 12.8 Å². The number of anilines is 1. The van der Waals surface area contributed by atoms with Gasteiger partial charge in [0.15, 0.2) is 0 Å². The molecule has 0 bridgehead atoms. The lowest BCUT2D eigenvalue weighted by Gasteiger charge is -2.32. The van der Waals surface area contributed by atoms with E-state index >= 15 is 0 Å². The van der Waals surface area contributed by atoms with E-state index in [9.17, 15) is 4.79 Å². The van der Waals surface area contributed by atoms with E-state index in [1.54, 1.807) is 12.1 Å². The van der Waals surface area contributed by atoms with Crippen molar-refractivity contribution >= 4 is 27.5 Å². The van der Waals surface area contributed by atoms with E-state index in [1.807, 2.05) is 6.07 Å². The zero-order chi connectivity index (χ0) is 14.1. The molecule has 0 aromatic heterocycles. The third-order valence-corrected chi connectivity index (χ3v) is 4.68. The summed E-state index contributed by atoms with van der Waals surface area (Å²) in [6.45, 7) is 2.21. The standard InChI is InChI=1S/C15H20BrN3O/c16-10-1-4-13(14(17)9-10)15(20)18-11-5-7-19(8-6-11)12-2-3-12/h1,4,9,11-12H,2-3,5-8,17H2,(H,18,20). The summed E-state index contributed by atoms with van der Waals surface area (Å²) in [4.78, 5) is 14.8. The van der Waals surface area contributed by atoms with Gasteiger partial charge in [0.25, 0.3) is 5.91 Å². The summed E-state index contributed by atoms with van der Waals surface area (Å²) in [5, 5.41) is 3.11. The molecule has 1 amide bonds. The fourth-order valence-corrected chi connectivity index (χ4v) is 3.23. The maximum absolute atomic E-state index is 12.3. The Balaban J connectivity index is 1.56. The van der Waals surface area contributed by atoms with E-state index in [0.717, 1.165) is 36.4 Å². The van der Waals surface area contributed by atoms with Crippen molar-refractivity contribution < 1.29 is 4.79 Å². The minimum Gasteiger partial charge on any atom is -0.398 e. The molecule has 3 rings (SSSR count). The van der Waals surface area contributed by atoms with Crippen LogP contribution in [0.1, 0.15) is 36.0 Å². The molecule has 3 N–H and O–H groups in total. The lowest BCUT2D eigenvalue weighted by atomic mass is 10.0. The van der Waals surface area contributed by atoms with Crippen molar-refractivity contribution in [3.05, 3.63) is 28.2 Å². The van der Waals surface area contributed by atoms with Gasteiger partial charge in [0.05, 0.1) is 5.56 Å². The minimum absolute atomic E-state index is 0.0557. The van der Waals surface area contributed by atoms with E-state index in [-0.39, 0.29) is 11.9 Å². The number of piperidine rings is 1. The second kappa shape index (κ2) is 5.74. The van der Waals surface area contributed by atoms with Crippen molar-refractivity contribution in [2.45, 2.75) is 37.8 Å². The van der Waals surface area contributed by atoms with Gasteiger partial charge < -0.3 is 16.0 Å². The molecule has 0 unspecified atom stereocenters. The van der Waals surface area contributed by atoms with Gasteiger partial charge in [-0.05, 0) is 43.9 Å². The van der Waals surface area contributed by atoms with Crippen LogP contribution < -0.4 is 11.1 Å². The van der Waals surface area contributed by atoms with Crippen molar-refractivity contribution in [3.8, 4) is 0 Å². The Hall–Kier alpha value is -1.07. The van der Waals surface area contributed by atoms with Crippen molar-refractivity contribution in [1.29, 1.82) is 0 Å². The van der Waals surface area contributed by atoms with Crippen LogP contribution in [0.15, 0.2) is 22.7 Å². The minimum atomic E-state index is -0.0557. The highest BCUT2D eigenvalue weighted by atomic mass is 79.9. The zero-order valence-electron chi connectivity index (χ0n) is 11.4. The Labute approximate surface area is 127 Å². The first-order valence-corrected chi connectivity index (χ1v) is 8.03. The van der Waals surface area contributed by atoms with E-state index in [2.05, 4.69) is 26.1 Å². The molecule has 20 heavy (non-hydrogen) atoms. The molecule has 1 heterocycles. The lowest BCUT2D eigenvalue weighted by Crippen LogP contribution is -2.45. The number of carbonyl (C=O) groups excluding carboxylic acids is 1. The van der Waals surface area contributed by atoms with E-state index in [0.29, 0.717) is 11.3 Å². The normalized spacial score (nSPS) is 20.9. The highest BCUT2D eigenvalue weighted by Gasteiger charge is 2.32. The van der Waals surface area contributed by atoms with Crippen molar-refractivity contribution in [2.24, 2.45) is 0 Å². The summed E-state index contributed by atoms with van der Waals surface area (Å²) >= 11 is 3.35. The molecular weight excluding hydrogens is 318 g/mol. The van der Waals surface area contributed by atoms with Crippen molar-refractivity contribution in [2.75, 3.05) is 18.8 Å². The lowest BCUT2D eigenvalue weighted by molar-refractivity contribution is 0.0910. The fraction of sp³-hybridized carbons (Fsp3) is 0.533. The van der Waals surface area contributed by atoms with Gasteiger partial charge in [-0.15, -0.1) is 0 Å². The Morgan fingerprint density at radius 2 is 1.95 bits per heavy atom. The summed E-state index contributed by atoms with van der Waals surface area (Å²) in [7, 11) is 0. The number of nitrogens with zero attached hydrogens (tertiary/aromatic N) is 1. The number of carbonyl (C=O) groups is 1. The second-order valence-electron chi connectivity index (χ2n) is 5.75. The molecule has 4 nitrogen and oxygen atoms in total. The molecule has 2 aliphatic rings. The Morgan fingerprint density at radius 3 is 2.55 bits per heavy atom. The summed E-state index contributed by atoms with van der Waals surface area (Å²) in [5.41, 5.74) is 6.99. The number of amides is 1. The molecule has 0 spiro atoms. The Kier molecular flexibility index (Phi) is 3.98. The number of likely N-dealkylation sites (tertiary alicyclic amines) is 1. The van der Waals surface area contributed by atoms with Crippen LogP contribution in [0.3, 0.4) is 0 Å². The molecule has 1 aliphatic carbocycles. The molecule has 5 heteroatoms. The number of benzene rings is 1. The van der Waals surface area contributed by atoms with Crippen LogP contribution in [0, 0.1) is 0 Å². The van der Waals surface area contributed by atoms with Crippen LogP contribution in [-0.2, 0) is 0 Å². The highest BCUT2D eigenvalue weighted by Crippen LogP contribution is 2.29. The number of nitrogen functional groups attached to an aromatic ring is 1. The smallest absolute Gasteiger partial charge is 0.253 e. The van der Waals surface area contributed by atoms with Crippen LogP contribution in [0.4, 0.5) is 5.69 Å². The summed E-state index contributed by atoms with van der Waals surface area (Å²) < 4.78 is 0.893. The first-order valence-electron chi connectivity index (χ1n) is 7.23. The number of nitrogens with two attached hydrogens (primary N) is 1. The maximum Gasteiger partial charge on any atom is 0.253 e. The van der Waals surface area contributed by atoms with Gasteiger partial charge >= 0.3 is 0 Å². The topological polar surface area (TPSA) is 58.4 Å². The quantitative estimate of drug-likeness (QED) is 0.832. The van der Waals surface area contributed by atoms with Gasteiger partial charge in [0.2, 0.25) is 0 Å². The molecule has 1 saturated heterocycles. The largest absolute Gasteiger partial charge is 0.398 e. The SMILES string of the molecule is Nc1cc(Br)ccc1C(=O)NC1CCN(C2CC2)CC1. The third kappa shape index (κ3) is 3.15. The summed E-state index contributed by atoms with van der Waals surface area (Å²) in [5.74, 6) is -0.0557. The molecule has 1 saturated carbocycles. The monoisotopic (exact) mass is 337 g/mol. The summed E-state index contributed by atoms with van der Waals surface area (Å²) in [6, 6.07) is 6.49. The van der Waals surface area contributed by atoms with Crippen LogP contribution >= 0.6 is 15.9 Å². The average molecular weight is 338 g/mol. The predicted octanol–water partition coefficient (Wildman–Crippen LogP) is 2.39. The average Bonchev–Trinajstić information content (AvgIpc) is 3.23. The first kappa shape index (κ1) is 13.9. The number of nitrogens with one attached hydrogen (secondary N) is 1. The molecule has 1 aromatic rings. The van der Waals surface area contributed by atoms with Gasteiger partial charge in [-0.25, -0.2) is 0 Å². The number of halogens is 1. The number of rotatable bonds is 3. The van der Waals surface area contributed by atoms with Gasteiger partial charge in [0.1, 0.15) is 0 Å². The molecule has 108 valence electrons. The summed E-state index contributed by atoms with van der Waals surface area (Å²) in [6.07, 6.45) is 4.79. The molecule has 1 aromatic carbocycles. The van der Waals surface area contributed by atoms with E-state index < -0.39 is 0 Å². The van der Waals surface area contributed by atoms with Gasteiger partial charge in [-0.1, -0.05) is 15.9 Å². The molecule has 0 radical (unpaired) electrons. The number of hydrogen-bond donors (Lipinski definition) is 2. The van der Waals surface area contributed by atoms with Crippen LogP contribution in [0.25, 0.3) is 0 Å². The van der Waals surface area contributed by atoms with Gasteiger partial charge in [0, 0.05) is 35.3 Å². The van der Waals surface area contributed by atoms with Gasteiger partial charge in [-0.3, -0.25) is 4.79 Å². The Morgan fingerprint density at radius 1 is 1.25 bits per heavy atom. The molecular formula is C15H20BrN3O. The fourth-order valence-electron chi connectivity index (χ4n) is 2.85. The number of hydrogen-bond acceptors (Lipinski definition) is 3. The third-order valence-electron chi connectivity index (χ3n) is 4.19. The van der Waals surface area contributed by atoms with Crippen molar-refractivity contribution in [3.63, 3.8) is 0 Å². The van der Waals surface area contributed by atoms with Crippen LogP contribution in [0.2, 0.25) is 0 Å². The molecule has 1 aliphatic heterocycles. The second-order valence-corrected chi connectivity index (χ2v) is 6.66. The maximum atomic E-state index is 12.3.